The number of piperidine rings is 1. The van der Waals surface area contributed by atoms with Crippen LogP contribution in [0.1, 0.15) is 25.7 Å². The van der Waals surface area contributed by atoms with E-state index in [1.54, 1.807) is 19.3 Å². The minimum atomic E-state index is 0.980. The Labute approximate surface area is 67.6 Å². The zero-order valence-electron chi connectivity index (χ0n) is 6.79. The van der Waals surface area contributed by atoms with Crippen LogP contribution in [0, 0.1) is 23.7 Å². The van der Waals surface area contributed by atoms with Crippen molar-refractivity contribution in [1.82, 2.24) is 5.32 Å². The van der Waals surface area contributed by atoms with E-state index in [2.05, 4.69) is 5.32 Å². The van der Waals surface area contributed by atoms with Crippen molar-refractivity contribution in [1.29, 1.82) is 0 Å². The van der Waals surface area contributed by atoms with E-state index in [9.17, 15) is 0 Å². The number of hydrogen-bond acceptors (Lipinski definition) is 1. The summed E-state index contributed by atoms with van der Waals surface area (Å²) in [6.07, 6.45) is 6.28. The van der Waals surface area contributed by atoms with Crippen LogP contribution in [0.2, 0.25) is 0 Å². The van der Waals surface area contributed by atoms with Crippen LogP contribution in [0.25, 0.3) is 0 Å². The van der Waals surface area contributed by atoms with Crippen LogP contribution >= 0.6 is 0 Å². The largest absolute Gasteiger partial charge is 0.308 e. The Balaban J connectivity index is 1.76. The summed E-state index contributed by atoms with van der Waals surface area (Å²) in [7, 11) is 0. The minimum absolute atomic E-state index is 0.980. The highest BCUT2D eigenvalue weighted by Gasteiger charge is 2.62. The summed E-state index contributed by atoms with van der Waals surface area (Å²) >= 11 is 0. The first-order valence-electron chi connectivity index (χ1n) is 5.19. The molecule has 0 spiro atoms. The third-order valence-electron chi connectivity index (χ3n) is 4.83. The van der Waals surface area contributed by atoms with Gasteiger partial charge in [-0.3, -0.25) is 0 Å². The van der Waals surface area contributed by atoms with Gasteiger partial charge in [0.05, 0.1) is 0 Å². The van der Waals surface area contributed by atoms with Crippen molar-refractivity contribution in [3.8, 4) is 0 Å². The highest BCUT2D eigenvalue weighted by Crippen LogP contribution is 2.61. The van der Waals surface area contributed by atoms with Crippen molar-refractivity contribution in [3.63, 3.8) is 0 Å². The van der Waals surface area contributed by atoms with Gasteiger partial charge in [-0.15, -0.1) is 0 Å². The summed E-state index contributed by atoms with van der Waals surface area (Å²) in [4.78, 5) is 0. The molecule has 0 amide bonds. The third kappa shape index (κ3) is 0.516. The fourth-order valence-corrected chi connectivity index (χ4v) is 4.44. The van der Waals surface area contributed by atoms with Gasteiger partial charge in [0.15, 0.2) is 0 Å². The lowest BCUT2D eigenvalue weighted by Gasteiger charge is -2.26. The standard InChI is InChI=1S/C10H15N/c1-2-6-3-5(1)7-4-8-10(11-8)9(6)7/h5-11H,1-4H2. The Morgan fingerprint density at radius 2 is 1.91 bits per heavy atom. The Morgan fingerprint density at radius 3 is 2.82 bits per heavy atom. The lowest BCUT2D eigenvalue weighted by molar-refractivity contribution is 0.237. The monoisotopic (exact) mass is 149 g/mol. The summed E-state index contributed by atoms with van der Waals surface area (Å²) in [5, 5.41) is 3.62. The Kier molecular flexibility index (Phi) is 0.769. The van der Waals surface area contributed by atoms with Gasteiger partial charge in [0.2, 0.25) is 0 Å². The van der Waals surface area contributed by atoms with E-state index in [1.165, 1.54) is 18.3 Å². The fraction of sp³-hybridized carbons (Fsp3) is 1.00. The van der Waals surface area contributed by atoms with Crippen LogP contribution in [0.15, 0.2) is 0 Å². The van der Waals surface area contributed by atoms with Crippen LogP contribution in [0.4, 0.5) is 0 Å². The van der Waals surface area contributed by atoms with E-state index in [1.807, 2.05) is 0 Å². The molecule has 0 aromatic carbocycles. The zero-order chi connectivity index (χ0) is 7.00. The highest BCUT2D eigenvalue weighted by atomic mass is 15.2. The molecule has 1 heterocycles. The molecule has 1 saturated heterocycles. The maximum atomic E-state index is 3.62. The van der Waals surface area contributed by atoms with Crippen molar-refractivity contribution >= 4 is 0 Å². The van der Waals surface area contributed by atoms with E-state index >= 15 is 0 Å². The summed E-state index contributed by atoms with van der Waals surface area (Å²) < 4.78 is 0. The van der Waals surface area contributed by atoms with Crippen LogP contribution in [-0.4, -0.2) is 12.1 Å². The van der Waals surface area contributed by atoms with Gasteiger partial charge in [0, 0.05) is 12.1 Å². The SMILES string of the molecule is C1CC2CC1C1CC3NC3C21. The molecule has 6 atom stereocenters. The first kappa shape index (κ1) is 5.58. The van der Waals surface area contributed by atoms with Crippen molar-refractivity contribution in [2.45, 2.75) is 37.8 Å². The molecule has 3 saturated carbocycles. The second-order valence-corrected chi connectivity index (χ2v) is 5.11. The van der Waals surface area contributed by atoms with Crippen LogP contribution in [-0.2, 0) is 0 Å². The number of hydrogen-bond donors (Lipinski definition) is 1. The van der Waals surface area contributed by atoms with Gasteiger partial charge in [0.25, 0.3) is 0 Å². The van der Waals surface area contributed by atoms with Crippen molar-refractivity contribution in [2.24, 2.45) is 23.7 Å². The molecular weight excluding hydrogens is 134 g/mol. The Morgan fingerprint density at radius 1 is 1.00 bits per heavy atom. The predicted octanol–water partition coefficient (Wildman–Crippen LogP) is 1.39. The van der Waals surface area contributed by atoms with E-state index in [0.29, 0.717) is 0 Å². The van der Waals surface area contributed by atoms with Crippen LogP contribution < -0.4 is 5.32 Å². The summed E-state index contributed by atoms with van der Waals surface area (Å²) in [6, 6.07) is 1.98. The topological polar surface area (TPSA) is 21.9 Å². The molecule has 11 heavy (non-hydrogen) atoms. The zero-order valence-corrected chi connectivity index (χ0v) is 6.79. The molecule has 60 valence electrons. The van der Waals surface area contributed by atoms with E-state index in [-0.39, 0.29) is 0 Å². The summed E-state index contributed by atoms with van der Waals surface area (Å²) in [5.74, 6) is 4.62. The molecule has 0 aromatic rings. The molecule has 1 aliphatic heterocycles. The van der Waals surface area contributed by atoms with Gasteiger partial charge in [-0.2, -0.15) is 0 Å². The smallest absolute Gasteiger partial charge is 0.0258 e. The van der Waals surface area contributed by atoms with Crippen LogP contribution in [0.5, 0.6) is 0 Å². The minimum Gasteiger partial charge on any atom is -0.308 e. The highest BCUT2D eigenvalue weighted by molar-refractivity contribution is 5.18. The van der Waals surface area contributed by atoms with Crippen LogP contribution in [0.3, 0.4) is 0 Å². The molecule has 4 fully saturated rings. The predicted molar refractivity (Wildman–Crippen MR) is 43.1 cm³/mol. The van der Waals surface area contributed by atoms with Gasteiger partial charge in [-0.25, -0.2) is 0 Å². The first-order chi connectivity index (χ1) is 5.43. The second kappa shape index (κ2) is 1.52. The van der Waals surface area contributed by atoms with Gasteiger partial charge in [0.1, 0.15) is 0 Å². The average Bonchev–Trinajstić information content (AvgIpc) is 2.53. The lowest BCUT2D eigenvalue weighted by atomic mass is 9.80. The molecular formula is C10H15N. The molecule has 1 N–H and O–H groups in total. The second-order valence-electron chi connectivity index (χ2n) is 5.11. The molecule has 4 rings (SSSR count). The molecule has 1 nitrogen and oxygen atoms in total. The van der Waals surface area contributed by atoms with E-state index in [4.69, 9.17) is 0 Å². The molecule has 0 aromatic heterocycles. The average molecular weight is 149 g/mol. The first-order valence-corrected chi connectivity index (χ1v) is 5.19. The molecule has 1 heteroatoms. The summed E-state index contributed by atoms with van der Waals surface area (Å²) in [5.41, 5.74) is 0. The van der Waals surface area contributed by atoms with Crippen molar-refractivity contribution in [3.05, 3.63) is 0 Å². The normalized spacial score (nSPS) is 69.8. The molecule has 0 radical (unpaired) electrons. The van der Waals surface area contributed by atoms with E-state index < -0.39 is 0 Å². The Bertz CT molecular complexity index is 213. The van der Waals surface area contributed by atoms with Gasteiger partial charge in [-0.1, -0.05) is 0 Å². The number of fused-ring (bicyclic) bond motifs is 7. The number of rotatable bonds is 0. The maximum absolute atomic E-state index is 3.62. The molecule has 3 aliphatic carbocycles. The van der Waals surface area contributed by atoms with E-state index in [0.717, 1.165) is 23.9 Å². The fourth-order valence-electron chi connectivity index (χ4n) is 4.44. The van der Waals surface area contributed by atoms with Crippen molar-refractivity contribution < 1.29 is 0 Å². The van der Waals surface area contributed by atoms with Gasteiger partial charge < -0.3 is 5.32 Å². The quantitative estimate of drug-likeness (QED) is 0.516. The van der Waals surface area contributed by atoms with Gasteiger partial charge in [-0.05, 0) is 49.4 Å². The maximum Gasteiger partial charge on any atom is 0.0258 e. The molecule has 2 bridgehead atoms. The third-order valence-corrected chi connectivity index (χ3v) is 4.83. The Hall–Kier alpha value is -0.0400. The van der Waals surface area contributed by atoms with Gasteiger partial charge >= 0.3 is 0 Å². The molecule has 6 unspecified atom stereocenters. The number of nitrogens with one attached hydrogen (secondary N) is 1. The van der Waals surface area contributed by atoms with Crippen molar-refractivity contribution in [2.75, 3.05) is 0 Å². The lowest BCUT2D eigenvalue weighted by Crippen LogP contribution is -2.24. The summed E-state index contributed by atoms with van der Waals surface area (Å²) in [6.45, 7) is 0. The molecule has 4 aliphatic rings.